The van der Waals surface area contributed by atoms with Gasteiger partial charge >= 0.3 is 0 Å². The van der Waals surface area contributed by atoms with Gasteiger partial charge in [-0.15, -0.1) is 0 Å². The van der Waals surface area contributed by atoms with Crippen molar-refractivity contribution >= 4 is 5.91 Å². The van der Waals surface area contributed by atoms with Crippen molar-refractivity contribution in [1.29, 1.82) is 0 Å². The van der Waals surface area contributed by atoms with Crippen molar-refractivity contribution in [3.8, 4) is 11.3 Å². The number of nitrogens with one attached hydrogen (secondary N) is 1. The van der Waals surface area contributed by atoms with Crippen LogP contribution in [0.25, 0.3) is 11.3 Å². The lowest BCUT2D eigenvalue weighted by Gasteiger charge is -2.32. The number of rotatable bonds is 3. The van der Waals surface area contributed by atoms with E-state index in [9.17, 15) is 4.79 Å². The van der Waals surface area contributed by atoms with Gasteiger partial charge < -0.3 is 14.8 Å². The highest BCUT2D eigenvalue weighted by atomic mass is 16.2. The number of piperazine rings is 1. The summed E-state index contributed by atoms with van der Waals surface area (Å²) in [6, 6.07) is 14.8. The number of hydrogen-bond donors (Lipinski definition) is 1. The molecule has 5 heteroatoms. The van der Waals surface area contributed by atoms with Crippen LogP contribution in [0, 0.1) is 0 Å². The van der Waals surface area contributed by atoms with E-state index in [4.69, 9.17) is 0 Å². The number of carbonyl (C=O) groups excluding carboxylic acids is 1. The lowest BCUT2D eigenvalue weighted by atomic mass is 10.2. The van der Waals surface area contributed by atoms with E-state index in [-0.39, 0.29) is 5.91 Å². The predicted octanol–water partition coefficient (Wildman–Crippen LogP) is 1.81. The summed E-state index contributed by atoms with van der Waals surface area (Å²) >= 11 is 0. The molecule has 0 aliphatic carbocycles. The van der Waals surface area contributed by atoms with E-state index >= 15 is 0 Å². The zero-order valence-corrected chi connectivity index (χ0v) is 14.8. The molecule has 1 N–H and O–H groups in total. The molecule has 2 saturated heterocycles. The Labute approximate surface area is 149 Å². The van der Waals surface area contributed by atoms with Gasteiger partial charge in [0.1, 0.15) is 5.69 Å². The lowest BCUT2D eigenvalue weighted by molar-refractivity contribution is 0.0764. The minimum atomic E-state index is 0.155. The van der Waals surface area contributed by atoms with E-state index in [1.54, 1.807) is 0 Å². The van der Waals surface area contributed by atoms with Crippen molar-refractivity contribution in [3.63, 3.8) is 0 Å². The maximum Gasteiger partial charge on any atom is 0.270 e. The van der Waals surface area contributed by atoms with E-state index in [1.165, 1.54) is 0 Å². The molecule has 2 aliphatic heterocycles. The van der Waals surface area contributed by atoms with Crippen LogP contribution < -0.4 is 5.32 Å². The Morgan fingerprint density at radius 2 is 1.80 bits per heavy atom. The van der Waals surface area contributed by atoms with E-state index in [0.29, 0.717) is 6.04 Å². The Bertz CT molecular complexity index is 733. The summed E-state index contributed by atoms with van der Waals surface area (Å²) in [6.07, 6.45) is 1.09. The van der Waals surface area contributed by atoms with Crippen LogP contribution in [0.4, 0.5) is 0 Å². The molecule has 2 fully saturated rings. The Kier molecular flexibility index (Phi) is 4.59. The monoisotopic (exact) mass is 338 g/mol. The second-order valence-electron chi connectivity index (χ2n) is 7.01. The van der Waals surface area contributed by atoms with Gasteiger partial charge in [-0.2, -0.15) is 0 Å². The van der Waals surface area contributed by atoms with Gasteiger partial charge in [0.05, 0.1) is 0 Å². The summed E-state index contributed by atoms with van der Waals surface area (Å²) in [7, 11) is 1.99. The molecule has 1 atom stereocenters. The second kappa shape index (κ2) is 7.02. The van der Waals surface area contributed by atoms with Crippen LogP contribution in [-0.2, 0) is 7.05 Å². The summed E-state index contributed by atoms with van der Waals surface area (Å²) in [4.78, 5) is 17.6. The fourth-order valence-corrected chi connectivity index (χ4v) is 4.06. The molecule has 2 aliphatic rings. The molecule has 4 rings (SSSR count). The fraction of sp³-hybridized carbons (Fsp3) is 0.450. The number of hydrogen-bond acceptors (Lipinski definition) is 3. The quantitative estimate of drug-likeness (QED) is 0.928. The zero-order valence-electron chi connectivity index (χ0n) is 14.8. The van der Waals surface area contributed by atoms with Crippen LogP contribution in [0.3, 0.4) is 0 Å². The third-order valence-electron chi connectivity index (χ3n) is 5.53. The van der Waals surface area contributed by atoms with Crippen LogP contribution in [-0.4, -0.2) is 65.6 Å². The zero-order chi connectivity index (χ0) is 17.2. The molecule has 1 amide bonds. The Hall–Kier alpha value is -2.11. The normalized spacial score (nSPS) is 21.6. The van der Waals surface area contributed by atoms with Crippen molar-refractivity contribution in [2.75, 3.05) is 39.3 Å². The smallest absolute Gasteiger partial charge is 0.270 e. The van der Waals surface area contributed by atoms with Crippen molar-refractivity contribution in [2.24, 2.45) is 7.05 Å². The van der Waals surface area contributed by atoms with Crippen LogP contribution in [0.15, 0.2) is 42.5 Å². The Balaban J connectivity index is 1.48. The number of aromatic nitrogens is 1. The number of likely N-dealkylation sites (tertiary alicyclic amines) is 1. The molecule has 5 nitrogen and oxygen atoms in total. The Morgan fingerprint density at radius 3 is 2.56 bits per heavy atom. The summed E-state index contributed by atoms with van der Waals surface area (Å²) in [5.74, 6) is 0.155. The van der Waals surface area contributed by atoms with E-state index in [1.807, 2.05) is 46.8 Å². The van der Waals surface area contributed by atoms with Crippen LogP contribution in [0.2, 0.25) is 0 Å². The van der Waals surface area contributed by atoms with Gasteiger partial charge in [-0.3, -0.25) is 9.69 Å². The fourth-order valence-electron chi connectivity index (χ4n) is 4.06. The van der Waals surface area contributed by atoms with Crippen LogP contribution >= 0.6 is 0 Å². The second-order valence-corrected chi connectivity index (χ2v) is 7.01. The average molecular weight is 338 g/mol. The Morgan fingerprint density at radius 1 is 1.04 bits per heavy atom. The van der Waals surface area contributed by atoms with Crippen molar-refractivity contribution in [1.82, 2.24) is 19.7 Å². The minimum Gasteiger partial charge on any atom is -0.340 e. The number of nitrogens with zero attached hydrogens (tertiary/aromatic N) is 3. The highest BCUT2D eigenvalue weighted by Gasteiger charge is 2.32. The lowest BCUT2D eigenvalue weighted by Crippen LogP contribution is -2.49. The number of carbonyl (C=O) groups is 1. The third-order valence-corrected chi connectivity index (χ3v) is 5.53. The van der Waals surface area contributed by atoms with Crippen LogP contribution in [0.1, 0.15) is 16.9 Å². The summed E-state index contributed by atoms with van der Waals surface area (Å²) in [5, 5.41) is 3.40. The molecule has 3 heterocycles. The number of benzene rings is 1. The van der Waals surface area contributed by atoms with Gasteiger partial charge in [0.2, 0.25) is 0 Å². The van der Waals surface area contributed by atoms with E-state index in [0.717, 1.165) is 62.6 Å². The highest BCUT2D eigenvalue weighted by molar-refractivity contribution is 5.94. The first-order chi connectivity index (χ1) is 12.2. The molecular formula is C20H26N4O. The molecule has 1 unspecified atom stereocenters. The van der Waals surface area contributed by atoms with Crippen molar-refractivity contribution in [3.05, 3.63) is 48.2 Å². The summed E-state index contributed by atoms with van der Waals surface area (Å²) in [6.45, 7) is 6.01. The molecule has 2 aromatic rings. The van der Waals surface area contributed by atoms with Gasteiger partial charge in [0, 0.05) is 58.1 Å². The third kappa shape index (κ3) is 3.22. The summed E-state index contributed by atoms with van der Waals surface area (Å²) in [5.41, 5.74) is 3.01. The van der Waals surface area contributed by atoms with E-state index < -0.39 is 0 Å². The molecule has 0 radical (unpaired) electrons. The standard InChI is InChI=1S/C20H26N4O/c1-22-18(16-5-3-2-4-6-16)7-8-19(22)20(25)24-12-9-17(15-24)23-13-10-21-11-14-23/h2-8,17,21H,9-15H2,1H3. The highest BCUT2D eigenvalue weighted by Crippen LogP contribution is 2.24. The van der Waals surface area contributed by atoms with Gasteiger partial charge in [0.15, 0.2) is 0 Å². The topological polar surface area (TPSA) is 40.5 Å². The molecule has 0 bridgehead atoms. The molecular weight excluding hydrogens is 312 g/mol. The first-order valence-corrected chi connectivity index (χ1v) is 9.19. The average Bonchev–Trinajstić information content (AvgIpc) is 3.30. The van der Waals surface area contributed by atoms with E-state index in [2.05, 4.69) is 22.3 Å². The maximum atomic E-state index is 13.0. The largest absolute Gasteiger partial charge is 0.340 e. The minimum absolute atomic E-state index is 0.155. The maximum absolute atomic E-state index is 13.0. The van der Waals surface area contributed by atoms with Gasteiger partial charge in [-0.25, -0.2) is 0 Å². The molecule has 1 aromatic carbocycles. The molecule has 25 heavy (non-hydrogen) atoms. The van der Waals surface area contributed by atoms with Gasteiger partial charge in [-0.1, -0.05) is 30.3 Å². The molecule has 132 valence electrons. The van der Waals surface area contributed by atoms with Gasteiger partial charge in [-0.05, 0) is 24.1 Å². The molecule has 0 spiro atoms. The SMILES string of the molecule is Cn1c(C(=O)N2CCC(N3CCNCC3)C2)ccc1-c1ccccc1. The molecule has 0 saturated carbocycles. The summed E-state index contributed by atoms with van der Waals surface area (Å²) < 4.78 is 2.02. The number of amides is 1. The first-order valence-electron chi connectivity index (χ1n) is 9.19. The van der Waals surface area contributed by atoms with Crippen molar-refractivity contribution in [2.45, 2.75) is 12.5 Å². The first kappa shape index (κ1) is 16.4. The predicted molar refractivity (Wildman–Crippen MR) is 99.6 cm³/mol. The molecule has 1 aromatic heterocycles. The van der Waals surface area contributed by atoms with Crippen molar-refractivity contribution < 1.29 is 4.79 Å². The van der Waals surface area contributed by atoms with Crippen LogP contribution in [0.5, 0.6) is 0 Å². The van der Waals surface area contributed by atoms with Gasteiger partial charge in [0.25, 0.3) is 5.91 Å².